The first-order valence-corrected chi connectivity index (χ1v) is 14.5. The predicted molar refractivity (Wildman–Crippen MR) is 157 cm³/mol. The maximum Gasteiger partial charge on any atom is 0.120 e. The van der Waals surface area contributed by atoms with Crippen LogP contribution in [0.1, 0.15) is 73.0 Å². The Bertz CT molecular complexity index is 1560. The number of aliphatic imine (C=N–C) groups is 2. The summed E-state index contributed by atoms with van der Waals surface area (Å²) in [6.45, 7) is 3.95. The van der Waals surface area contributed by atoms with Gasteiger partial charge in [-0.25, -0.2) is 0 Å². The molecule has 0 bridgehead atoms. The van der Waals surface area contributed by atoms with Crippen molar-refractivity contribution in [1.29, 1.82) is 0 Å². The first-order chi connectivity index (χ1) is 18.7. The average Bonchev–Trinajstić information content (AvgIpc) is 3.51. The van der Waals surface area contributed by atoms with Crippen molar-refractivity contribution < 1.29 is 4.74 Å². The van der Waals surface area contributed by atoms with E-state index >= 15 is 0 Å². The van der Waals surface area contributed by atoms with E-state index in [1.165, 1.54) is 87.9 Å². The summed E-state index contributed by atoms with van der Waals surface area (Å²) >= 11 is 0. The van der Waals surface area contributed by atoms with E-state index in [1.807, 2.05) is 0 Å². The fourth-order valence-electron chi connectivity index (χ4n) is 7.35. The molecule has 1 aliphatic carbocycles. The molecule has 1 saturated carbocycles. The number of hydrogen-bond acceptors (Lipinski definition) is 3. The van der Waals surface area contributed by atoms with Crippen LogP contribution in [0.25, 0.3) is 21.8 Å². The lowest BCUT2D eigenvalue weighted by atomic mass is 9.74. The first kappa shape index (κ1) is 23.8. The fourth-order valence-corrected chi connectivity index (χ4v) is 7.35. The SMILES string of the molecule is COc1ccc2c3c([nH]c2c1)C(CC(CC1=NCCc2c1[nH]c1cc(C)ccc21)C1CCCCC1)=NCC3. The van der Waals surface area contributed by atoms with E-state index in [2.05, 4.69) is 53.3 Å². The van der Waals surface area contributed by atoms with Crippen LogP contribution in [0.4, 0.5) is 0 Å². The van der Waals surface area contributed by atoms with Gasteiger partial charge in [0.15, 0.2) is 0 Å². The Labute approximate surface area is 224 Å². The summed E-state index contributed by atoms with van der Waals surface area (Å²) in [4.78, 5) is 17.8. The number of aromatic nitrogens is 2. The number of hydrogen-bond donors (Lipinski definition) is 2. The highest BCUT2D eigenvalue weighted by atomic mass is 16.5. The monoisotopic (exact) mass is 506 g/mol. The van der Waals surface area contributed by atoms with E-state index in [9.17, 15) is 0 Å². The topological polar surface area (TPSA) is 65.5 Å². The molecule has 2 aliphatic heterocycles. The molecule has 7 rings (SSSR count). The van der Waals surface area contributed by atoms with Crippen molar-refractivity contribution in [1.82, 2.24) is 9.97 Å². The van der Waals surface area contributed by atoms with Gasteiger partial charge in [-0.15, -0.1) is 0 Å². The molecule has 2 aromatic carbocycles. The van der Waals surface area contributed by atoms with Gasteiger partial charge in [-0.1, -0.05) is 44.2 Å². The minimum atomic E-state index is 0.554. The number of benzene rings is 2. The maximum atomic E-state index is 5.50. The van der Waals surface area contributed by atoms with Crippen molar-refractivity contribution in [3.05, 3.63) is 64.5 Å². The lowest BCUT2D eigenvalue weighted by Gasteiger charge is -2.32. The molecular formula is C33H38N4O. The van der Waals surface area contributed by atoms with E-state index in [0.29, 0.717) is 5.92 Å². The second-order valence-electron chi connectivity index (χ2n) is 11.6. The summed E-state index contributed by atoms with van der Waals surface area (Å²) in [7, 11) is 1.74. The molecule has 5 heteroatoms. The minimum absolute atomic E-state index is 0.554. The van der Waals surface area contributed by atoms with Crippen molar-refractivity contribution in [3.63, 3.8) is 0 Å². The molecule has 2 N–H and O–H groups in total. The third-order valence-corrected chi connectivity index (χ3v) is 9.31. The second kappa shape index (κ2) is 9.76. The lowest BCUT2D eigenvalue weighted by molar-refractivity contribution is 0.258. The van der Waals surface area contributed by atoms with Gasteiger partial charge in [-0.3, -0.25) is 9.98 Å². The number of fused-ring (bicyclic) bond motifs is 6. The fraction of sp³-hybridized carbons (Fsp3) is 0.455. The van der Waals surface area contributed by atoms with Gasteiger partial charge < -0.3 is 14.7 Å². The van der Waals surface area contributed by atoms with Gasteiger partial charge in [-0.2, -0.15) is 0 Å². The van der Waals surface area contributed by atoms with Gasteiger partial charge in [0.05, 0.1) is 29.9 Å². The molecule has 0 spiro atoms. The van der Waals surface area contributed by atoms with Crippen LogP contribution in [0.15, 0.2) is 46.4 Å². The predicted octanol–water partition coefficient (Wildman–Crippen LogP) is 7.33. The molecule has 38 heavy (non-hydrogen) atoms. The van der Waals surface area contributed by atoms with Crippen molar-refractivity contribution in [2.24, 2.45) is 21.8 Å². The van der Waals surface area contributed by atoms with Crippen LogP contribution in [0, 0.1) is 18.8 Å². The molecule has 4 aromatic rings. The standard InChI is InChI=1S/C33H38N4O/c1-20-8-10-24-26-12-14-34-30(32(26)36-28(24)16-20)17-22(21-6-4-3-5-7-21)18-31-33-27(13-15-35-31)25-11-9-23(38-2)19-29(25)37-33/h8-11,16,19,21-22,36-37H,3-7,12-15,17-18H2,1-2H3. The highest BCUT2D eigenvalue weighted by molar-refractivity contribution is 6.08. The molecule has 3 aliphatic rings. The zero-order valence-corrected chi connectivity index (χ0v) is 22.7. The van der Waals surface area contributed by atoms with Crippen LogP contribution >= 0.6 is 0 Å². The zero-order valence-electron chi connectivity index (χ0n) is 22.7. The zero-order chi connectivity index (χ0) is 25.6. The van der Waals surface area contributed by atoms with Crippen molar-refractivity contribution >= 4 is 33.2 Å². The molecule has 1 unspecified atom stereocenters. The number of rotatable bonds is 6. The Morgan fingerprint density at radius 3 is 2.05 bits per heavy atom. The quantitative estimate of drug-likeness (QED) is 0.282. The minimum Gasteiger partial charge on any atom is -0.497 e. The Balaban J connectivity index is 1.22. The van der Waals surface area contributed by atoms with E-state index in [4.69, 9.17) is 14.7 Å². The summed E-state index contributed by atoms with van der Waals surface area (Å²) in [6, 6.07) is 13.2. The normalized spacial score (nSPS) is 18.7. The molecule has 196 valence electrons. The van der Waals surface area contributed by atoms with Gasteiger partial charge >= 0.3 is 0 Å². The number of H-pyrrole nitrogens is 2. The van der Waals surface area contributed by atoms with Crippen molar-refractivity contribution in [2.75, 3.05) is 20.2 Å². The number of methoxy groups -OCH3 is 1. The second-order valence-corrected chi connectivity index (χ2v) is 11.6. The van der Waals surface area contributed by atoms with E-state index in [-0.39, 0.29) is 0 Å². The number of aromatic amines is 2. The summed E-state index contributed by atoms with van der Waals surface area (Å²) in [5.41, 5.74) is 11.7. The maximum absolute atomic E-state index is 5.50. The summed E-state index contributed by atoms with van der Waals surface area (Å²) in [5, 5.41) is 2.69. The van der Waals surface area contributed by atoms with E-state index in [1.54, 1.807) is 7.11 Å². The van der Waals surface area contributed by atoms with Crippen LogP contribution in [0.2, 0.25) is 0 Å². The van der Waals surface area contributed by atoms with Gasteiger partial charge in [0.2, 0.25) is 0 Å². The Kier molecular flexibility index (Phi) is 6.10. The van der Waals surface area contributed by atoms with Crippen molar-refractivity contribution in [3.8, 4) is 5.75 Å². The number of nitrogens with zero attached hydrogens (tertiary/aromatic N) is 2. The first-order valence-electron chi connectivity index (χ1n) is 14.5. The number of nitrogens with one attached hydrogen (secondary N) is 2. The Morgan fingerprint density at radius 2 is 1.42 bits per heavy atom. The largest absolute Gasteiger partial charge is 0.497 e. The molecule has 2 aromatic heterocycles. The van der Waals surface area contributed by atoms with E-state index < -0.39 is 0 Å². The van der Waals surface area contributed by atoms with Gasteiger partial charge in [0.25, 0.3) is 0 Å². The molecule has 4 heterocycles. The Hall–Kier alpha value is -3.34. The number of aryl methyl sites for hydroxylation is 1. The summed E-state index contributed by atoms with van der Waals surface area (Å²) < 4.78 is 5.50. The van der Waals surface area contributed by atoms with Crippen LogP contribution in [-0.4, -0.2) is 41.6 Å². The third-order valence-electron chi connectivity index (χ3n) is 9.31. The van der Waals surface area contributed by atoms with Gasteiger partial charge in [0.1, 0.15) is 5.75 Å². The lowest BCUT2D eigenvalue weighted by Crippen LogP contribution is -2.27. The van der Waals surface area contributed by atoms with Crippen molar-refractivity contribution in [2.45, 2.75) is 64.7 Å². The van der Waals surface area contributed by atoms with E-state index in [0.717, 1.165) is 56.0 Å². The summed E-state index contributed by atoms with van der Waals surface area (Å²) in [5.74, 6) is 2.19. The van der Waals surface area contributed by atoms with Crippen LogP contribution in [0.5, 0.6) is 5.75 Å². The molecular weight excluding hydrogens is 468 g/mol. The third kappa shape index (κ3) is 4.16. The molecule has 5 nitrogen and oxygen atoms in total. The van der Waals surface area contributed by atoms with Crippen LogP contribution in [-0.2, 0) is 12.8 Å². The Morgan fingerprint density at radius 1 is 0.816 bits per heavy atom. The molecule has 1 fully saturated rings. The molecule has 0 radical (unpaired) electrons. The van der Waals surface area contributed by atoms with Gasteiger partial charge in [0, 0.05) is 41.0 Å². The smallest absolute Gasteiger partial charge is 0.120 e. The van der Waals surface area contributed by atoms with Crippen LogP contribution in [0.3, 0.4) is 0 Å². The average molecular weight is 507 g/mol. The molecule has 1 atom stereocenters. The number of ether oxygens (including phenoxy) is 1. The van der Waals surface area contributed by atoms with Crippen LogP contribution < -0.4 is 4.74 Å². The highest BCUT2D eigenvalue weighted by Crippen LogP contribution is 2.38. The molecule has 0 saturated heterocycles. The molecule has 0 amide bonds. The highest BCUT2D eigenvalue weighted by Gasteiger charge is 2.31. The summed E-state index contributed by atoms with van der Waals surface area (Å²) in [6.07, 6.45) is 10.9. The van der Waals surface area contributed by atoms with Gasteiger partial charge in [-0.05, 0) is 79.3 Å².